The largest absolute Gasteiger partial charge is 0.313 e. The minimum Gasteiger partial charge on any atom is -0.313 e. The van der Waals surface area contributed by atoms with Crippen LogP contribution in [0, 0.1) is 65.7 Å². The molecule has 0 aliphatic heterocycles. The summed E-state index contributed by atoms with van der Waals surface area (Å²) in [5, 5.41) is 2.28. The van der Waals surface area contributed by atoms with Crippen molar-refractivity contribution < 1.29 is 4.79 Å². The Hall–Kier alpha value is -3.71. The van der Waals surface area contributed by atoms with Gasteiger partial charge in [0.25, 0.3) is 0 Å². The van der Waals surface area contributed by atoms with Crippen molar-refractivity contribution in [1.82, 2.24) is 10.3 Å². The third-order valence-electron chi connectivity index (χ3n) is 1.73. The number of nitrogens with zero attached hydrogens (tertiary/aromatic N) is 1. The molecule has 0 spiro atoms. The Balaban J connectivity index is 2.37. The van der Waals surface area contributed by atoms with Gasteiger partial charge in [0.15, 0.2) is 0 Å². The third kappa shape index (κ3) is 8.94. The monoisotopic (exact) mass is 269 g/mol. The molecule has 3 heteroatoms. The molecule has 1 amide bonds. The van der Waals surface area contributed by atoms with Crippen molar-refractivity contribution in [3.8, 4) is 59.3 Å². The number of carbonyl (C=O) groups excluding carboxylic acids is 1. The standard InChI is InChI=1S/C18H9N2O/c1-17(21)20-15-10-8-6-4-2-3-5-7-9-12-18-13-11-14-19-16-18/h11-14,16H,1H3,(H,20,21)/q-1. The number of hydrogen-bond acceptors (Lipinski definition) is 2. The molecule has 0 radical (unpaired) electrons. The maximum absolute atomic E-state index is 10.5. The van der Waals surface area contributed by atoms with Crippen LogP contribution in [0.25, 0.3) is 0 Å². The van der Waals surface area contributed by atoms with Crippen LogP contribution < -0.4 is 5.32 Å². The Labute approximate surface area is 124 Å². The van der Waals surface area contributed by atoms with Crippen molar-refractivity contribution in [3.05, 3.63) is 36.5 Å². The molecule has 0 atom stereocenters. The number of amides is 1. The van der Waals surface area contributed by atoms with Gasteiger partial charge in [-0.1, -0.05) is 18.4 Å². The van der Waals surface area contributed by atoms with Crippen LogP contribution in [-0.2, 0) is 4.79 Å². The van der Waals surface area contributed by atoms with Crippen molar-refractivity contribution in [2.45, 2.75) is 6.92 Å². The van der Waals surface area contributed by atoms with Gasteiger partial charge in [-0.05, 0) is 24.0 Å². The Morgan fingerprint density at radius 1 is 1.10 bits per heavy atom. The Morgan fingerprint density at radius 2 is 1.76 bits per heavy atom. The third-order valence-corrected chi connectivity index (χ3v) is 1.73. The first-order valence-electron chi connectivity index (χ1n) is 5.79. The molecule has 3 nitrogen and oxygen atoms in total. The zero-order valence-electron chi connectivity index (χ0n) is 11.2. The second kappa shape index (κ2) is 10.2. The lowest BCUT2D eigenvalue weighted by Gasteiger charge is -1.97. The van der Waals surface area contributed by atoms with Gasteiger partial charge in [-0.2, -0.15) is 5.92 Å². The minimum atomic E-state index is -0.233. The number of aromatic nitrogens is 1. The van der Waals surface area contributed by atoms with Gasteiger partial charge in [0.05, 0.1) is 0 Å². The van der Waals surface area contributed by atoms with Crippen LogP contribution in [0.3, 0.4) is 0 Å². The van der Waals surface area contributed by atoms with Crippen LogP contribution in [0.4, 0.5) is 0 Å². The van der Waals surface area contributed by atoms with E-state index in [9.17, 15) is 4.79 Å². The molecule has 21 heavy (non-hydrogen) atoms. The van der Waals surface area contributed by atoms with Gasteiger partial charge in [-0.25, -0.2) is 0 Å². The van der Waals surface area contributed by atoms with E-state index < -0.39 is 0 Å². The summed E-state index contributed by atoms with van der Waals surface area (Å²) in [4.78, 5) is 14.4. The molecule has 0 fully saturated rings. The number of carbonyl (C=O) groups is 1. The molecule has 1 rings (SSSR count). The molecule has 0 unspecified atom stereocenters. The van der Waals surface area contributed by atoms with Crippen LogP contribution in [0.5, 0.6) is 0 Å². The predicted molar refractivity (Wildman–Crippen MR) is 80.3 cm³/mol. The van der Waals surface area contributed by atoms with E-state index >= 15 is 0 Å². The molecular formula is C18H9N2O-. The van der Waals surface area contributed by atoms with Gasteiger partial charge in [0.2, 0.25) is 5.91 Å². The van der Waals surface area contributed by atoms with Crippen LogP contribution in [0.1, 0.15) is 12.5 Å². The molecule has 1 heterocycles. The Morgan fingerprint density at radius 3 is 2.38 bits per heavy atom. The molecule has 0 saturated carbocycles. The van der Waals surface area contributed by atoms with Crippen LogP contribution in [-0.4, -0.2) is 10.9 Å². The van der Waals surface area contributed by atoms with Crippen molar-refractivity contribution in [1.29, 1.82) is 0 Å². The molecule has 0 aromatic carbocycles. The van der Waals surface area contributed by atoms with Gasteiger partial charge >= 0.3 is 0 Å². The lowest BCUT2D eigenvalue weighted by atomic mass is 10.2. The number of rotatable bonds is 1. The Bertz CT molecular complexity index is 796. The highest BCUT2D eigenvalue weighted by molar-refractivity contribution is 5.74. The zero-order chi connectivity index (χ0) is 15.2. The van der Waals surface area contributed by atoms with Crippen LogP contribution in [0.15, 0.2) is 24.5 Å². The fourth-order valence-corrected chi connectivity index (χ4v) is 0.955. The second-order valence-electron chi connectivity index (χ2n) is 3.38. The van der Waals surface area contributed by atoms with Crippen molar-refractivity contribution in [2.75, 3.05) is 0 Å². The summed E-state index contributed by atoms with van der Waals surface area (Å²) in [5.74, 6) is 22.6. The molecule has 1 N–H and O–H groups in total. The number of hydrogen-bond donors (Lipinski definition) is 1. The van der Waals surface area contributed by atoms with Crippen molar-refractivity contribution >= 4 is 5.91 Å². The van der Waals surface area contributed by atoms with E-state index in [2.05, 4.69) is 69.6 Å². The molecule has 0 aliphatic carbocycles. The lowest BCUT2D eigenvalue weighted by Crippen LogP contribution is -2.11. The molecule has 0 aliphatic rings. The predicted octanol–water partition coefficient (Wildman–Crippen LogP) is 0.745. The maximum Gasteiger partial charge on any atom is 0.228 e. The van der Waals surface area contributed by atoms with E-state index in [4.69, 9.17) is 0 Å². The normalized spacial score (nSPS) is 6.52. The highest BCUT2D eigenvalue weighted by Crippen LogP contribution is 1.96. The second-order valence-corrected chi connectivity index (χ2v) is 3.38. The first-order chi connectivity index (χ1) is 10.3. The zero-order valence-corrected chi connectivity index (χ0v) is 11.2. The van der Waals surface area contributed by atoms with Gasteiger partial charge < -0.3 is 4.98 Å². The van der Waals surface area contributed by atoms with Gasteiger partial charge in [-0.3, -0.25) is 10.1 Å². The van der Waals surface area contributed by atoms with Gasteiger partial charge in [0, 0.05) is 36.9 Å². The minimum absolute atomic E-state index is 0.233. The van der Waals surface area contributed by atoms with Crippen LogP contribution >= 0.6 is 0 Å². The summed E-state index contributed by atoms with van der Waals surface area (Å²) in [5.41, 5.74) is 0.918. The SMILES string of the molecule is CC(=O)NC#CC#CC#CC#CC#C[CH-]c1cccnc1. The molecule has 1 aromatic heterocycles. The van der Waals surface area contributed by atoms with E-state index in [1.165, 1.54) is 6.92 Å². The summed E-state index contributed by atoms with van der Waals surface area (Å²) in [6.07, 6.45) is 5.12. The van der Waals surface area contributed by atoms with Crippen LogP contribution in [0.2, 0.25) is 0 Å². The molecule has 1 aromatic rings. The van der Waals surface area contributed by atoms with Crippen molar-refractivity contribution in [3.63, 3.8) is 0 Å². The quantitative estimate of drug-likeness (QED) is 0.464. The highest BCUT2D eigenvalue weighted by Gasteiger charge is 1.78. The fourth-order valence-electron chi connectivity index (χ4n) is 0.955. The average Bonchev–Trinajstić information content (AvgIpc) is 2.49. The van der Waals surface area contributed by atoms with Crippen molar-refractivity contribution in [2.24, 2.45) is 0 Å². The summed E-state index contributed by atoms with van der Waals surface area (Å²) < 4.78 is 0. The lowest BCUT2D eigenvalue weighted by molar-refractivity contribution is -0.117. The first-order valence-corrected chi connectivity index (χ1v) is 5.79. The highest BCUT2D eigenvalue weighted by atomic mass is 16.1. The molecule has 0 bridgehead atoms. The van der Waals surface area contributed by atoms with E-state index in [-0.39, 0.29) is 5.91 Å². The topological polar surface area (TPSA) is 42.0 Å². The van der Waals surface area contributed by atoms with Gasteiger partial charge in [0.1, 0.15) is 0 Å². The van der Waals surface area contributed by atoms with E-state index in [1.54, 1.807) is 18.8 Å². The smallest absolute Gasteiger partial charge is 0.228 e. The molecular weight excluding hydrogens is 260 g/mol. The summed E-state index contributed by atoms with van der Waals surface area (Å²) in [6, 6.07) is 6.09. The summed E-state index contributed by atoms with van der Waals surface area (Å²) >= 11 is 0. The number of pyridine rings is 1. The molecule has 0 saturated heterocycles. The van der Waals surface area contributed by atoms with Gasteiger partial charge in [-0.15, -0.1) is 17.6 Å². The summed E-state index contributed by atoms with van der Waals surface area (Å²) in [7, 11) is 0. The summed E-state index contributed by atoms with van der Waals surface area (Å²) in [6.45, 7) is 1.37. The van der Waals surface area contributed by atoms with E-state index in [0.717, 1.165) is 5.56 Å². The maximum atomic E-state index is 10.5. The fraction of sp³-hybridized carbons (Fsp3) is 0.0556. The average molecular weight is 269 g/mol. The first kappa shape index (κ1) is 15.3. The van der Waals surface area contributed by atoms with E-state index in [1.807, 2.05) is 12.1 Å². The Kier molecular flexibility index (Phi) is 7.48. The number of nitrogens with one attached hydrogen (secondary N) is 1. The molecule has 98 valence electrons. The van der Waals surface area contributed by atoms with E-state index in [0.29, 0.717) is 0 Å².